The van der Waals surface area contributed by atoms with E-state index in [4.69, 9.17) is 5.73 Å². The lowest BCUT2D eigenvalue weighted by atomic mass is 10.2. The third-order valence-corrected chi connectivity index (χ3v) is 2.67. The predicted octanol–water partition coefficient (Wildman–Crippen LogP) is 2.03. The van der Waals surface area contributed by atoms with E-state index in [2.05, 4.69) is 31.5 Å². The number of anilines is 1. The van der Waals surface area contributed by atoms with Gasteiger partial charge >= 0.3 is 6.18 Å². The van der Waals surface area contributed by atoms with Crippen LogP contribution in [0.2, 0.25) is 0 Å². The van der Waals surface area contributed by atoms with Crippen LogP contribution in [0.4, 0.5) is 19.1 Å². The number of halogens is 4. The van der Waals surface area contributed by atoms with Crippen LogP contribution < -0.4 is 5.73 Å². The van der Waals surface area contributed by atoms with Gasteiger partial charge < -0.3 is 5.73 Å². The van der Waals surface area contributed by atoms with Gasteiger partial charge in [0.15, 0.2) is 0 Å². The van der Waals surface area contributed by atoms with E-state index in [1.165, 1.54) is 6.07 Å². The molecule has 0 unspecified atom stereocenters. The molecule has 0 bridgehead atoms. The highest BCUT2D eigenvalue weighted by atomic mass is 79.9. The molecule has 0 aliphatic carbocycles. The van der Waals surface area contributed by atoms with Gasteiger partial charge in [0.05, 0.1) is 11.3 Å². The van der Waals surface area contributed by atoms with Crippen molar-refractivity contribution >= 4 is 21.9 Å². The van der Waals surface area contributed by atoms with Gasteiger partial charge in [-0.2, -0.15) is 17.9 Å². The summed E-state index contributed by atoms with van der Waals surface area (Å²) < 4.78 is 39.0. The molecule has 0 saturated carbocycles. The van der Waals surface area contributed by atoms with Crippen molar-refractivity contribution in [3.8, 4) is 5.69 Å². The van der Waals surface area contributed by atoms with Gasteiger partial charge in [0, 0.05) is 4.47 Å². The Morgan fingerprint density at radius 3 is 2.53 bits per heavy atom. The highest BCUT2D eigenvalue weighted by molar-refractivity contribution is 9.10. The molecule has 0 saturated heterocycles. The molecular weight excluding hydrogens is 303 g/mol. The fourth-order valence-electron chi connectivity index (χ4n) is 1.22. The molecule has 90 valence electrons. The van der Waals surface area contributed by atoms with Crippen LogP contribution in [0.15, 0.2) is 22.7 Å². The van der Waals surface area contributed by atoms with E-state index in [1.54, 1.807) is 0 Å². The summed E-state index contributed by atoms with van der Waals surface area (Å²) in [6.07, 6.45) is -4.43. The second-order valence-corrected chi connectivity index (χ2v) is 3.97. The van der Waals surface area contributed by atoms with Crippen LogP contribution in [0.3, 0.4) is 0 Å². The van der Waals surface area contributed by atoms with E-state index >= 15 is 0 Å². The summed E-state index contributed by atoms with van der Waals surface area (Å²) in [5, 5.41) is 10.2. The van der Waals surface area contributed by atoms with E-state index in [0.717, 1.165) is 16.8 Å². The number of tetrazole rings is 1. The molecule has 2 aromatic rings. The highest BCUT2D eigenvalue weighted by Crippen LogP contribution is 2.33. The zero-order valence-corrected chi connectivity index (χ0v) is 9.70. The molecule has 9 heteroatoms. The lowest BCUT2D eigenvalue weighted by Gasteiger charge is -2.10. The molecule has 0 fully saturated rings. The molecule has 0 amide bonds. The van der Waals surface area contributed by atoms with Gasteiger partial charge in [-0.1, -0.05) is 5.10 Å². The summed E-state index contributed by atoms with van der Waals surface area (Å²) in [6.45, 7) is 0. The Morgan fingerprint density at radius 2 is 2.00 bits per heavy atom. The van der Waals surface area contributed by atoms with Crippen molar-refractivity contribution in [2.45, 2.75) is 6.18 Å². The Bertz CT molecular complexity index is 550. The largest absolute Gasteiger partial charge is 0.416 e. The summed E-state index contributed by atoms with van der Waals surface area (Å²) >= 11 is 3.11. The molecule has 17 heavy (non-hydrogen) atoms. The first-order chi connectivity index (χ1) is 7.89. The summed E-state index contributed by atoms with van der Waals surface area (Å²) in [6, 6.07) is 3.13. The maximum Gasteiger partial charge on any atom is 0.416 e. The zero-order chi connectivity index (χ0) is 12.6. The molecular formula is C8H5BrF3N5. The number of nitrogens with two attached hydrogens (primary N) is 1. The van der Waals surface area contributed by atoms with Crippen molar-refractivity contribution in [2.24, 2.45) is 0 Å². The van der Waals surface area contributed by atoms with Crippen LogP contribution in [0.5, 0.6) is 0 Å². The minimum atomic E-state index is -4.43. The first-order valence-electron chi connectivity index (χ1n) is 4.30. The second kappa shape index (κ2) is 3.99. The summed E-state index contributed by atoms with van der Waals surface area (Å²) in [5.41, 5.74) is 4.75. The topological polar surface area (TPSA) is 69.6 Å². The number of rotatable bonds is 1. The molecule has 5 nitrogen and oxygen atoms in total. The van der Waals surface area contributed by atoms with Gasteiger partial charge in [-0.25, -0.2) is 0 Å². The molecule has 2 N–H and O–H groups in total. The smallest absolute Gasteiger partial charge is 0.366 e. The Morgan fingerprint density at radius 1 is 1.29 bits per heavy atom. The SMILES string of the molecule is Nc1nnnn1-c1cc(C(F)(F)F)ccc1Br. The minimum absolute atomic E-state index is 0.0926. The van der Waals surface area contributed by atoms with Crippen LogP contribution in [-0.2, 0) is 6.18 Å². The Hall–Kier alpha value is -1.64. The first kappa shape index (κ1) is 11.8. The third kappa shape index (κ3) is 2.23. The first-order valence-corrected chi connectivity index (χ1v) is 5.10. The molecule has 1 heterocycles. The molecule has 0 radical (unpaired) electrons. The fourth-order valence-corrected chi connectivity index (χ4v) is 1.63. The van der Waals surface area contributed by atoms with Gasteiger partial charge in [0.25, 0.3) is 0 Å². The normalized spacial score (nSPS) is 11.8. The van der Waals surface area contributed by atoms with Crippen LogP contribution in [-0.4, -0.2) is 20.2 Å². The zero-order valence-electron chi connectivity index (χ0n) is 8.11. The van der Waals surface area contributed by atoms with Crippen molar-refractivity contribution in [1.29, 1.82) is 0 Å². The minimum Gasteiger partial charge on any atom is -0.366 e. The third-order valence-electron chi connectivity index (χ3n) is 2.00. The van der Waals surface area contributed by atoms with Crippen molar-refractivity contribution in [3.63, 3.8) is 0 Å². The number of nitrogen functional groups attached to an aromatic ring is 1. The van der Waals surface area contributed by atoms with Crippen LogP contribution in [0, 0.1) is 0 Å². The van der Waals surface area contributed by atoms with Crippen molar-refractivity contribution in [2.75, 3.05) is 5.73 Å². The average Bonchev–Trinajstić information content (AvgIpc) is 2.63. The lowest BCUT2D eigenvalue weighted by Crippen LogP contribution is -2.08. The molecule has 1 aromatic heterocycles. The number of hydrogen-bond donors (Lipinski definition) is 1. The lowest BCUT2D eigenvalue weighted by molar-refractivity contribution is -0.137. The Kier molecular flexibility index (Phi) is 2.77. The van der Waals surface area contributed by atoms with Gasteiger partial charge in [-0.3, -0.25) is 0 Å². The maximum absolute atomic E-state index is 12.5. The van der Waals surface area contributed by atoms with Crippen LogP contribution in [0.25, 0.3) is 5.69 Å². The van der Waals surface area contributed by atoms with Crippen LogP contribution in [0.1, 0.15) is 5.56 Å². The molecule has 0 atom stereocenters. The second-order valence-electron chi connectivity index (χ2n) is 3.11. The number of hydrogen-bond acceptors (Lipinski definition) is 4. The number of alkyl halides is 3. The summed E-state index contributed by atoms with van der Waals surface area (Å²) in [5.74, 6) is -0.0926. The molecule has 0 spiro atoms. The maximum atomic E-state index is 12.5. The van der Waals surface area contributed by atoms with Gasteiger partial charge in [-0.05, 0) is 44.6 Å². The van der Waals surface area contributed by atoms with E-state index in [1.807, 2.05) is 0 Å². The molecule has 0 aliphatic rings. The van der Waals surface area contributed by atoms with Crippen molar-refractivity contribution in [1.82, 2.24) is 20.2 Å². The van der Waals surface area contributed by atoms with Gasteiger partial charge in [0.1, 0.15) is 0 Å². The molecule has 1 aromatic carbocycles. The van der Waals surface area contributed by atoms with Gasteiger partial charge in [0.2, 0.25) is 5.95 Å². The summed E-state index contributed by atoms with van der Waals surface area (Å²) in [4.78, 5) is 0. The Balaban J connectivity index is 2.58. The Labute approximate surface area is 102 Å². The van der Waals surface area contributed by atoms with Crippen LogP contribution >= 0.6 is 15.9 Å². The standard InChI is InChI=1S/C8H5BrF3N5/c9-5-2-1-4(8(10,11)12)3-6(5)17-7(13)14-15-16-17/h1-3H,(H2,13,14,16). The van der Waals surface area contributed by atoms with E-state index in [0.29, 0.717) is 4.47 Å². The molecule has 2 rings (SSSR count). The predicted molar refractivity (Wildman–Crippen MR) is 56.3 cm³/mol. The fraction of sp³-hybridized carbons (Fsp3) is 0.125. The number of aromatic nitrogens is 4. The van der Waals surface area contributed by atoms with Crippen molar-refractivity contribution in [3.05, 3.63) is 28.2 Å². The molecule has 0 aliphatic heterocycles. The van der Waals surface area contributed by atoms with E-state index in [-0.39, 0.29) is 11.6 Å². The number of benzene rings is 1. The van der Waals surface area contributed by atoms with Gasteiger partial charge in [-0.15, -0.1) is 0 Å². The van der Waals surface area contributed by atoms with E-state index < -0.39 is 11.7 Å². The average molecular weight is 308 g/mol. The van der Waals surface area contributed by atoms with Crippen molar-refractivity contribution < 1.29 is 13.2 Å². The number of nitrogens with zero attached hydrogens (tertiary/aromatic N) is 4. The summed E-state index contributed by atoms with van der Waals surface area (Å²) in [7, 11) is 0. The highest BCUT2D eigenvalue weighted by Gasteiger charge is 2.31. The van der Waals surface area contributed by atoms with E-state index in [9.17, 15) is 13.2 Å². The monoisotopic (exact) mass is 307 g/mol. The quantitative estimate of drug-likeness (QED) is 0.875.